The fourth-order valence-corrected chi connectivity index (χ4v) is 2.40. The maximum absolute atomic E-state index is 12.7. The van der Waals surface area contributed by atoms with Crippen molar-refractivity contribution in [3.8, 4) is 53.8 Å². The first-order valence-electron chi connectivity index (χ1n) is 8.21. The Hall–Kier alpha value is -4.60. The lowest BCUT2D eigenvalue weighted by Crippen LogP contribution is -2.16. The van der Waals surface area contributed by atoms with Gasteiger partial charge in [-0.1, -0.05) is 23.2 Å². The third-order valence-electron chi connectivity index (χ3n) is 3.30. The number of benzene rings is 2. The topological polar surface area (TPSA) is 108 Å². The molecular formula is C22H8Cl2N2O6. The zero-order chi connectivity index (χ0) is 23.5. The fourth-order valence-electron chi connectivity index (χ4n) is 2.01. The van der Waals surface area contributed by atoms with E-state index in [9.17, 15) is 19.7 Å². The number of ether oxygens (including phenoxy) is 2. The molecule has 0 aromatic heterocycles. The molecule has 0 saturated heterocycles. The normalized spacial score (nSPS) is 8.66. The Morgan fingerprint density at radius 1 is 1.03 bits per heavy atom. The summed E-state index contributed by atoms with van der Waals surface area (Å²) in [5, 5.41) is 13.4. The van der Waals surface area contributed by atoms with E-state index in [0.29, 0.717) is 0 Å². The van der Waals surface area contributed by atoms with Gasteiger partial charge in [0.2, 0.25) is 0 Å². The van der Waals surface area contributed by atoms with E-state index < -0.39 is 17.0 Å². The summed E-state index contributed by atoms with van der Waals surface area (Å²) < 4.78 is 9.50. The molecule has 0 radical (unpaired) electrons. The number of nitro groups is 1. The second kappa shape index (κ2) is 11.6. The molecule has 0 aliphatic heterocycles. The molecule has 0 aliphatic rings. The average Bonchev–Trinajstić information content (AvgIpc) is 2.75. The molecule has 0 saturated carbocycles. The van der Waals surface area contributed by atoms with Gasteiger partial charge in [-0.2, -0.15) is 0 Å². The number of halogens is 2. The SMILES string of the molecule is C#CC#CC#CC#COC(=O)Oc1ccc(Cl)cc1C(=O)Nc1ccc([N+](=O)[O-])cc1Cl. The Balaban J connectivity index is 2.16. The molecule has 0 atom stereocenters. The Labute approximate surface area is 191 Å². The molecule has 2 aromatic rings. The fraction of sp³-hybridized carbons (Fsp3) is 0. The van der Waals surface area contributed by atoms with Crippen LogP contribution in [0, 0.1) is 58.2 Å². The van der Waals surface area contributed by atoms with E-state index in [1.165, 1.54) is 24.3 Å². The number of nitrogens with one attached hydrogen (secondary N) is 1. The van der Waals surface area contributed by atoms with Crippen LogP contribution in [0.25, 0.3) is 0 Å². The molecule has 0 heterocycles. The Bertz CT molecular complexity index is 1330. The highest BCUT2D eigenvalue weighted by Crippen LogP contribution is 2.29. The number of amides is 1. The van der Waals surface area contributed by atoms with Gasteiger partial charge >= 0.3 is 6.16 Å². The van der Waals surface area contributed by atoms with Crippen molar-refractivity contribution >= 4 is 46.6 Å². The predicted molar refractivity (Wildman–Crippen MR) is 117 cm³/mol. The van der Waals surface area contributed by atoms with E-state index in [4.69, 9.17) is 34.4 Å². The van der Waals surface area contributed by atoms with E-state index in [0.717, 1.165) is 12.1 Å². The molecule has 0 fully saturated rings. The minimum Gasteiger partial charge on any atom is -0.393 e. The molecule has 156 valence electrons. The van der Waals surface area contributed by atoms with Crippen molar-refractivity contribution in [2.24, 2.45) is 0 Å². The number of nitrogens with zero attached hydrogens (tertiary/aromatic N) is 1. The van der Waals surface area contributed by atoms with Crippen molar-refractivity contribution in [3.63, 3.8) is 0 Å². The van der Waals surface area contributed by atoms with Crippen LogP contribution in [-0.2, 0) is 4.74 Å². The molecule has 0 unspecified atom stereocenters. The highest BCUT2D eigenvalue weighted by atomic mass is 35.5. The second-order valence-corrected chi connectivity index (χ2v) is 6.19. The van der Waals surface area contributed by atoms with Crippen molar-refractivity contribution in [2.75, 3.05) is 5.32 Å². The number of terminal acetylenes is 1. The molecule has 2 aromatic carbocycles. The number of non-ortho nitro benzene ring substituents is 1. The van der Waals surface area contributed by atoms with Gasteiger partial charge in [0, 0.05) is 34.9 Å². The van der Waals surface area contributed by atoms with E-state index in [1.54, 1.807) is 0 Å². The number of carbonyl (C=O) groups is 2. The summed E-state index contributed by atoms with van der Waals surface area (Å²) in [5.41, 5.74) is -0.300. The van der Waals surface area contributed by atoms with E-state index >= 15 is 0 Å². The van der Waals surface area contributed by atoms with Crippen molar-refractivity contribution in [3.05, 3.63) is 62.1 Å². The van der Waals surface area contributed by atoms with Gasteiger partial charge in [-0.25, -0.2) is 4.79 Å². The lowest BCUT2D eigenvalue weighted by Gasteiger charge is -2.11. The first-order valence-corrected chi connectivity index (χ1v) is 8.96. The molecule has 0 bridgehead atoms. The van der Waals surface area contributed by atoms with E-state index in [1.807, 2.05) is 6.11 Å². The summed E-state index contributed by atoms with van der Waals surface area (Å²) in [4.78, 5) is 34.6. The summed E-state index contributed by atoms with van der Waals surface area (Å²) >= 11 is 11.9. The van der Waals surface area contributed by atoms with Crippen LogP contribution in [0.1, 0.15) is 10.4 Å². The van der Waals surface area contributed by atoms with Crippen LogP contribution in [-0.4, -0.2) is 17.0 Å². The third kappa shape index (κ3) is 7.02. The smallest absolute Gasteiger partial charge is 0.393 e. The van der Waals surface area contributed by atoms with Crippen LogP contribution >= 0.6 is 23.2 Å². The maximum Gasteiger partial charge on any atom is 0.528 e. The molecule has 0 spiro atoms. The summed E-state index contributed by atoms with van der Waals surface area (Å²) in [6.45, 7) is 0. The van der Waals surface area contributed by atoms with Crippen LogP contribution in [0.5, 0.6) is 5.75 Å². The first kappa shape index (κ1) is 23.7. The quantitative estimate of drug-likeness (QED) is 0.237. The van der Waals surface area contributed by atoms with Crippen LogP contribution < -0.4 is 10.1 Å². The van der Waals surface area contributed by atoms with Crippen molar-refractivity contribution < 1.29 is 24.0 Å². The maximum atomic E-state index is 12.7. The monoisotopic (exact) mass is 466 g/mol. The van der Waals surface area contributed by atoms with Gasteiger partial charge in [0.15, 0.2) is 0 Å². The zero-order valence-corrected chi connectivity index (χ0v) is 17.2. The molecule has 1 amide bonds. The number of hydrogen-bond acceptors (Lipinski definition) is 6. The standard InChI is InChI=1S/C22H8Cl2N2O6/c1-2-3-4-5-6-7-12-31-22(28)32-20-11-8-15(23)13-17(20)21(27)25-19-10-9-16(26(29)30)14-18(19)24/h1,8-11,13-14H,(H,25,27). The molecule has 0 aliphatic carbocycles. The van der Waals surface area contributed by atoms with Crippen LogP contribution in [0.15, 0.2) is 36.4 Å². The third-order valence-corrected chi connectivity index (χ3v) is 3.85. The average molecular weight is 467 g/mol. The minimum absolute atomic E-state index is 0.0697. The van der Waals surface area contributed by atoms with Crippen LogP contribution in [0.2, 0.25) is 10.0 Å². The molecule has 2 rings (SSSR count). The van der Waals surface area contributed by atoms with Gasteiger partial charge < -0.3 is 14.8 Å². The molecule has 1 N–H and O–H groups in total. The van der Waals surface area contributed by atoms with Gasteiger partial charge in [0.1, 0.15) is 11.9 Å². The molecule has 32 heavy (non-hydrogen) atoms. The van der Waals surface area contributed by atoms with E-state index in [-0.39, 0.29) is 32.7 Å². The van der Waals surface area contributed by atoms with Gasteiger partial charge in [0.25, 0.3) is 11.6 Å². The second-order valence-electron chi connectivity index (χ2n) is 5.34. The van der Waals surface area contributed by atoms with Crippen molar-refractivity contribution in [1.82, 2.24) is 0 Å². The first-order chi connectivity index (χ1) is 15.3. The number of hydrogen-bond donors (Lipinski definition) is 1. The highest BCUT2D eigenvalue weighted by Gasteiger charge is 2.19. The minimum atomic E-state index is -1.24. The Kier molecular flexibility index (Phi) is 8.55. The zero-order valence-electron chi connectivity index (χ0n) is 15.7. The van der Waals surface area contributed by atoms with Gasteiger partial charge in [0.05, 0.1) is 21.2 Å². The number of rotatable bonds is 4. The highest BCUT2D eigenvalue weighted by molar-refractivity contribution is 6.34. The molecule has 8 nitrogen and oxygen atoms in total. The summed E-state index contributed by atoms with van der Waals surface area (Å²) in [5.74, 6) is 12.4. The summed E-state index contributed by atoms with van der Waals surface area (Å²) in [7, 11) is 0. The van der Waals surface area contributed by atoms with Crippen LogP contribution in [0.4, 0.5) is 16.2 Å². The molecule has 10 heteroatoms. The van der Waals surface area contributed by atoms with E-state index in [2.05, 4.69) is 45.6 Å². The number of anilines is 1. The van der Waals surface area contributed by atoms with Crippen molar-refractivity contribution in [1.29, 1.82) is 0 Å². The molecular weight excluding hydrogens is 459 g/mol. The summed E-state index contributed by atoms with van der Waals surface area (Å²) in [6.07, 6.45) is 5.66. The number of carbonyl (C=O) groups excluding carboxylic acids is 2. The Morgan fingerprint density at radius 3 is 2.44 bits per heavy atom. The van der Waals surface area contributed by atoms with Gasteiger partial charge in [-0.05, 0) is 42.0 Å². The summed E-state index contributed by atoms with van der Waals surface area (Å²) in [6, 6.07) is 7.36. The number of nitro benzene ring substituents is 1. The van der Waals surface area contributed by atoms with Crippen molar-refractivity contribution in [2.45, 2.75) is 0 Å². The lowest BCUT2D eigenvalue weighted by atomic mass is 10.1. The largest absolute Gasteiger partial charge is 0.528 e. The van der Waals surface area contributed by atoms with Gasteiger partial charge in [-0.3, -0.25) is 14.9 Å². The Morgan fingerprint density at radius 2 is 1.75 bits per heavy atom. The van der Waals surface area contributed by atoms with Gasteiger partial charge in [-0.15, -0.1) is 6.42 Å². The predicted octanol–water partition coefficient (Wildman–Crippen LogP) is 4.27. The lowest BCUT2D eigenvalue weighted by molar-refractivity contribution is -0.384. The van der Waals surface area contributed by atoms with Crippen LogP contribution in [0.3, 0.4) is 0 Å².